The summed E-state index contributed by atoms with van der Waals surface area (Å²) in [5.74, 6) is 1.34. The fourth-order valence-corrected chi connectivity index (χ4v) is 4.14. The first-order chi connectivity index (χ1) is 14.2. The molecule has 2 atom stereocenters. The van der Waals surface area contributed by atoms with Gasteiger partial charge in [-0.1, -0.05) is 0 Å². The number of nitrogens with one attached hydrogen (secondary N) is 1. The van der Waals surface area contributed by atoms with Gasteiger partial charge < -0.3 is 29.2 Å². The van der Waals surface area contributed by atoms with E-state index >= 15 is 0 Å². The highest BCUT2D eigenvalue weighted by Crippen LogP contribution is 2.29. The summed E-state index contributed by atoms with van der Waals surface area (Å²) in [7, 11) is 0. The van der Waals surface area contributed by atoms with Crippen LogP contribution in [0.4, 0.5) is 4.39 Å². The van der Waals surface area contributed by atoms with E-state index in [1.807, 2.05) is 0 Å². The number of ether oxygens (including phenoxy) is 4. The highest BCUT2D eigenvalue weighted by atomic mass is 127. The second-order valence-electron chi connectivity index (χ2n) is 7.56. The third kappa shape index (κ3) is 5.74. The molecule has 168 valence electrons. The minimum Gasteiger partial charge on any atom is -0.467 e. The maximum atomic E-state index is 14.0. The van der Waals surface area contributed by atoms with Crippen molar-refractivity contribution in [2.45, 2.75) is 45.0 Å². The monoisotopic (exact) mass is 535 g/mol. The van der Waals surface area contributed by atoms with Crippen LogP contribution in [0, 0.1) is 5.82 Å². The fraction of sp³-hybridized carbons (Fsp3) is 0.667. The van der Waals surface area contributed by atoms with E-state index in [1.54, 1.807) is 0 Å². The van der Waals surface area contributed by atoms with Gasteiger partial charge in [0.25, 0.3) is 0 Å². The van der Waals surface area contributed by atoms with Gasteiger partial charge in [0.15, 0.2) is 12.8 Å². The van der Waals surface area contributed by atoms with Crippen LogP contribution in [-0.2, 0) is 27.2 Å². The molecular formula is C21H31FIN3O4. The molecule has 0 radical (unpaired) electrons. The van der Waals surface area contributed by atoms with E-state index in [0.717, 1.165) is 61.9 Å². The van der Waals surface area contributed by atoms with Crippen LogP contribution in [0.15, 0.2) is 17.1 Å². The van der Waals surface area contributed by atoms with Gasteiger partial charge in [-0.2, -0.15) is 0 Å². The molecule has 2 saturated heterocycles. The van der Waals surface area contributed by atoms with Crippen molar-refractivity contribution >= 4 is 29.9 Å². The number of guanidine groups is 1. The number of rotatable bonds is 5. The maximum absolute atomic E-state index is 14.0. The molecule has 3 heterocycles. The smallest absolute Gasteiger partial charge is 0.194 e. The van der Waals surface area contributed by atoms with E-state index in [2.05, 4.69) is 17.1 Å². The average Bonchev–Trinajstić information content (AvgIpc) is 3.28. The van der Waals surface area contributed by atoms with Crippen molar-refractivity contribution in [3.8, 4) is 5.75 Å². The standard InChI is InChI=1S/C21H30FN3O4.HI/c1-2-23-21(25-7-9-28-19(12-25)18-4-3-8-27-18)24-6-5-15-10-17(22)11-16-13-26-14-29-20(15)16;/h10-11,18-19H,2-9,12-14H2,1H3,(H,23,24);1H. The lowest BCUT2D eigenvalue weighted by Gasteiger charge is -2.37. The number of halogens is 2. The Bertz CT molecular complexity index is 730. The lowest BCUT2D eigenvalue weighted by molar-refractivity contribution is -0.0817. The molecule has 0 bridgehead atoms. The largest absolute Gasteiger partial charge is 0.467 e. The normalized spacial score (nSPS) is 24.1. The number of benzene rings is 1. The minimum atomic E-state index is -0.267. The zero-order chi connectivity index (χ0) is 20.1. The maximum Gasteiger partial charge on any atom is 0.194 e. The first-order valence-corrected chi connectivity index (χ1v) is 10.5. The molecule has 4 rings (SSSR count). The quantitative estimate of drug-likeness (QED) is 0.356. The predicted molar refractivity (Wildman–Crippen MR) is 122 cm³/mol. The first-order valence-electron chi connectivity index (χ1n) is 10.5. The summed E-state index contributed by atoms with van der Waals surface area (Å²) < 4.78 is 36.6. The molecule has 3 aliphatic rings. The Kier molecular flexibility index (Phi) is 8.97. The van der Waals surface area contributed by atoms with E-state index in [0.29, 0.717) is 26.2 Å². The summed E-state index contributed by atoms with van der Waals surface area (Å²) >= 11 is 0. The van der Waals surface area contributed by atoms with Gasteiger partial charge in [-0.15, -0.1) is 24.0 Å². The molecule has 3 aliphatic heterocycles. The molecule has 0 aromatic heterocycles. The number of hydrogen-bond donors (Lipinski definition) is 1. The molecule has 0 spiro atoms. The van der Waals surface area contributed by atoms with E-state index in [-0.39, 0.29) is 48.8 Å². The fourth-order valence-electron chi connectivity index (χ4n) is 4.14. The lowest BCUT2D eigenvalue weighted by atomic mass is 10.1. The second kappa shape index (κ2) is 11.4. The van der Waals surface area contributed by atoms with Gasteiger partial charge in [0.1, 0.15) is 17.7 Å². The van der Waals surface area contributed by atoms with Crippen LogP contribution in [0.1, 0.15) is 30.9 Å². The Morgan fingerprint density at radius 2 is 2.13 bits per heavy atom. The third-order valence-corrected chi connectivity index (χ3v) is 5.50. The summed E-state index contributed by atoms with van der Waals surface area (Å²) in [6, 6.07) is 3.01. The van der Waals surface area contributed by atoms with Gasteiger partial charge in [-0.05, 0) is 43.9 Å². The van der Waals surface area contributed by atoms with Crippen LogP contribution in [-0.4, -0.2) is 69.3 Å². The molecule has 2 fully saturated rings. The van der Waals surface area contributed by atoms with Crippen molar-refractivity contribution in [3.05, 3.63) is 29.1 Å². The molecule has 9 heteroatoms. The lowest BCUT2D eigenvalue weighted by Crippen LogP contribution is -2.53. The zero-order valence-corrected chi connectivity index (χ0v) is 19.7. The van der Waals surface area contributed by atoms with E-state index < -0.39 is 0 Å². The molecular weight excluding hydrogens is 504 g/mol. The van der Waals surface area contributed by atoms with Crippen molar-refractivity contribution in [2.75, 3.05) is 46.2 Å². The summed E-state index contributed by atoms with van der Waals surface area (Å²) in [5, 5.41) is 3.38. The topological polar surface area (TPSA) is 64.6 Å². The number of morpholine rings is 1. The van der Waals surface area contributed by atoms with Gasteiger partial charge in [-0.3, -0.25) is 4.99 Å². The van der Waals surface area contributed by atoms with Crippen LogP contribution in [0.3, 0.4) is 0 Å². The molecule has 1 aromatic carbocycles. The van der Waals surface area contributed by atoms with Gasteiger partial charge in [0.05, 0.1) is 19.3 Å². The molecule has 7 nitrogen and oxygen atoms in total. The van der Waals surface area contributed by atoms with Gasteiger partial charge in [0.2, 0.25) is 0 Å². The summed E-state index contributed by atoms with van der Waals surface area (Å²) in [6.45, 7) is 7.03. The summed E-state index contributed by atoms with van der Waals surface area (Å²) in [5.41, 5.74) is 1.59. The predicted octanol–water partition coefficient (Wildman–Crippen LogP) is 2.70. The van der Waals surface area contributed by atoms with Crippen LogP contribution in [0.2, 0.25) is 0 Å². The Hall–Kier alpha value is -1.17. The highest BCUT2D eigenvalue weighted by Gasteiger charge is 2.32. The van der Waals surface area contributed by atoms with Crippen LogP contribution in [0.5, 0.6) is 5.75 Å². The molecule has 1 N–H and O–H groups in total. The Morgan fingerprint density at radius 3 is 2.93 bits per heavy atom. The SMILES string of the molecule is CCNC(=NCCc1cc(F)cc2c1OCOC2)N1CCOC(C2CCCO2)C1.I. The molecule has 0 saturated carbocycles. The summed E-state index contributed by atoms with van der Waals surface area (Å²) in [6.07, 6.45) is 3.02. The Balaban J connectivity index is 0.00000256. The third-order valence-electron chi connectivity index (χ3n) is 5.50. The molecule has 1 aromatic rings. The van der Waals surface area contributed by atoms with Crippen molar-refractivity contribution < 1.29 is 23.3 Å². The van der Waals surface area contributed by atoms with Crippen LogP contribution < -0.4 is 10.1 Å². The van der Waals surface area contributed by atoms with Gasteiger partial charge >= 0.3 is 0 Å². The van der Waals surface area contributed by atoms with Crippen molar-refractivity contribution in [1.29, 1.82) is 0 Å². The number of nitrogens with zero attached hydrogens (tertiary/aromatic N) is 2. The van der Waals surface area contributed by atoms with E-state index in [9.17, 15) is 4.39 Å². The molecule has 2 unspecified atom stereocenters. The van der Waals surface area contributed by atoms with Crippen LogP contribution >= 0.6 is 24.0 Å². The summed E-state index contributed by atoms with van der Waals surface area (Å²) in [4.78, 5) is 7.04. The minimum absolute atomic E-state index is 0. The average molecular weight is 535 g/mol. The van der Waals surface area contributed by atoms with Crippen molar-refractivity contribution in [2.24, 2.45) is 4.99 Å². The zero-order valence-electron chi connectivity index (χ0n) is 17.4. The van der Waals surface area contributed by atoms with Gasteiger partial charge in [0, 0.05) is 38.3 Å². The van der Waals surface area contributed by atoms with Gasteiger partial charge in [-0.25, -0.2) is 4.39 Å². The highest BCUT2D eigenvalue weighted by molar-refractivity contribution is 14.0. The molecule has 0 aliphatic carbocycles. The Labute approximate surface area is 194 Å². The number of aliphatic imine (C=N–C) groups is 1. The Morgan fingerprint density at radius 1 is 1.27 bits per heavy atom. The van der Waals surface area contributed by atoms with Crippen LogP contribution in [0.25, 0.3) is 0 Å². The van der Waals surface area contributed by atoms with E-state index in [4.69, 9.17) is 23.9 Å². The first kappa shape index (κ1) is 23.5. The van der Waals surface area contributed by atoms with E-state index in [1.165, 1.54) is 12.1 Å². The molecule has 0 amide bonds. The number of hydrogen-bond acceptors (Lipinski definition) is 5. The molecule has 30 heavy (non-hydrogen) atoms. The number of fused-ring (bicyclic) bond motifs is 1. The van der Waals surface area contributed by atoms with Crippen molar-refractivity contribution in [3.63, 3.8) is 0 Å². The second-order valence-corrected chi connectivity index (χ2v) is 7.56. The van der Waals surface area contributed by atoms with Crippen molar-refractivity contribution in [1.82, 2.24) is 10.2 Å².